The van der Waals surface area contributed by atoms with Crippen LogP contribution in [0.1, 0.15) is 96.2 Å². The maximum Gasteiger partial charge on any atom is 0.303 e. The molecule has 1 fully saturated rings. The summed E-state index contributed by atoms with van der Waals surface area (Å²) in [7, 11) is 0. The Kier molecular flexibility index (Phi) is 12.7. The van der Waals surface area contributed by atoms with Gasteiger partial charge < -0.3 is 15.3 Å². The number of aliphatic carboxylic acids is 1. The summed E-state index contributed by atoms with van der Waals surface area (Å²) in [5.74, 6) is -1.26. The van der Waals surface area contributed by atoms with Gasteiger partial charge in [-0.1, -0.05) is 77.3 Å². The number of carboxylic acids is 1. The lowest BCUT2D eigenvalue weighted by molar-refractivity contribution is -0.142. The molecule has 43 heavy (non-hydrogen) atoms. The molecule has 2 unspecified atom stereocenters. The van der Waals surface area contributed by atoms with Crippen LogP contribution in [0.25, 0.3) is 10.4 Å². The second-order valence-corrected chi connectivity index (χ2v) is 13.5. The number of amides is 2. The number of hydrogen-bond acceptors (Lipinski definition) is 6. The fourth-order valence-electron chi connectivity index (χ4n) is 5.54. The molecule has 1 aliphatic rings. The summed E-state index contributed by atoms with van der Waals surface area (Å²) in [6.07, 6.45) is 7.31. The van der Waals surface area contributed by atoms with E-state index in [0.717, 1.165) is 53.8 Å². The molecule has 2 atom stereocenters. The van der Waals surface area contributed by atoms with Crippen LogP contribution in [-0.4, -0.2) is 57.2 Å². The molecule has 0 aliphatic carbocycles. The molecule has 8 nitrogen and oxygen atoms in total. The fourth-order valence-corrected chi connectivity index (χ4v) is 6.35. The number of carbonyl (C=O) groups excluding carboxylic acids is 3. The lowest BCUT2D eigenvalue weighted by Crippen LogP contribution is -2.56. The summed E-state index contributed by atoms with van der Waals surface area (Å²) in [5, 5.41) is 11.7. The Morgan fingerprint density at radius 2 is 1.67 bits per heavy atom. The Morgan fingerprint density at radius 1 is 1.05 bits per heavy atom. The highest BCUT2D eigenvalue weighted by Gasteiger charge is 2.42. The largest absolute Gasteiger partial charge is 0.481 e. The topological polar surface area (TPSA) is 117 Å². The molecule has 2 N–H and O–H groups in total. The van der Waals surface area contributed by atoms with Crippen molar-refractivity contribution in [3.63, 3.8) is 0 Å². The average Bonchev–Trinajstić information content (AvgIpc) is 3.61. The second-order valence-electron chi connectivity index (χ2n) is 12.7. The van der Waals surface area contributed by atoms with Crippen molar-refractivity contribution in [2.24, 2.45) is 5.41 Å². The molecule has 2 amide bonds. The van der Waals surface area contributed by atoms with Crippen molar-refractivity contribution in [3.05, 3.63) is 53.2 Å². The smallest absolute Gasteiger partial charge is 0.303 e. The van der Waals surface area contributed by atoms with Gasteiger partial charge in [-0.15, -0.1) is 11.3 Å². The van der Waals surface area contributed by atoms with E-state index in [-0.39, 0.29) is 24.0 Å². The summed E-state index contributed by atoms with van der Waals surface area (Å²) < 4.78 is 0. The van der Waals surface area contributed by atoms with Gasteiger partial charge in [0, 0.05) is 25.8 Å². The highest BCUT2D eigenvalue weighted by Crippen LogP contribution is 2.29. The summed E-state index contributed by atoms with van der Waals surface area (Å²) in [6, 6.07) is 6.79. The normalized spacial score (nSPS) is 15.7. The number of unbranched alkanes of at least 4 members (excludes halogenated alkanes) is 5. The van der Waals surface area contributed by atoms with Gasteiger partial charge in [-0.25, -0.2) is 4.98 Å². The van der Waals surface area contributed by atoms with Crippen LogP contribution in [0.5, 0.6) is 0 Å². The number of nitrogens with one attached hydrogen (secondary N) is 1. The Labute approximate surface area is 260 Å². The van der Waals surface area contributed by atoms with Gasteiger partial charge in [0.2, 0.25) is 11.8 Å². The average molecular weight is 610 g/mol. The van der Waals surface area contributed by atoms with Crippen LogP contribution in [0.4, 0.5) is 0 Å². The van der Waals surface area contributed by atoms with Gasteiger partial charge in [-0.2, -0.15) is 0 Å². The van der Waals surface area contributed by atoms with Crippen molar-refractivity contribution in [3.8, 4) is 10.4 Å². The SMILES string of the molecule is C=C(Cc1ccc(-c2scnc2C)cc1)C(=O)C1CCCN1C(=O)C(NC(=O)CCCCCCCCC(=O)O)C(C)(C)C. The van der Waals surface area contributed by atoms with E-state index in [9.17, 15) is 19.2 Å². The molecule has 234 valence electrons. The van der Waals surface area contributed by atoms with Crippen molar-refractivity contribution in [2.45, 2.75) is 110 Å². The number of likely N-dealkylation sites (tertiary alicyclic amines) is 1. The van der Waals surface area contributed by atoms with Crippen molar-refractivity contribution >= 4 is 34.9 Å². The van der Waals surface area contributed by atoms with E-state index in [1.54, 1.807) is 16.2 Å². The van der Waals surface area contributed by atoms with Crippen LogP contribution in [0.15, 0.2) is 41.9 Å². The fraction of sp³-hybridized carbons (Fsp3) is 0.559. The van der Waals surface area contributed by atoms with Crippen LogP contribution in [0.2, 0.25) is 0 Å². The maximum atomic E-state index is 13.8. The zero-order chi connectivity index (χ0) is 31.6. The molecule has 1 aromatic carbocycles. The number of aryl methyl sites for hydroxylation is 1. The van der Waals surface area contributed by atoms with Crippen LogP contribution >= 0.6 is 11.3 Å². The van der Waals surface area contributed by atoms with Gasteiger partial charge in [0.15, 0.2) is 5.78 Å². The van der Waals surface area contributed by atoms with Crippen molar-refractivity contribution in [1.82, 2.24) is 15.2 Å². The lowest BCUT2D eigenvalue weighted by atomic mass is 9.85. The van der Waals surface area contributed by atoms with E-state index in [1.807, 2.05) is 57.5 Å². The minimum absolute atomic E-state index is 0.115. The number of rotatable bonds is 16. The molecule has 1 aromatic heterocycles. The van der Waals surface area contributed by atoms with E-state index in [0.29, 0.717) is 44.2 Å². The van der Waals surface area contributed by atoms with Crippen LogP contribution < -0.4 is 5.32 Å². The first-order valence-electron chi connectivity index (χ1n) is 15.4. The Morgan fingerprint density at radius 3 is 2.26 bits per heavy atom. The molecular formula is C34H47N3O5S. The number of aromatic nitrogens is 1. The van der Waals surface area contributed by atoms with E-state index >= 15 is 0 Å². The number of carboxylic acid groups (broad SMARTS) is 1. The number of ketones is 1. The highest BCUT2D eigenvalue weighted by molar-refractivity contribution is 7.13. The predicted octanol–water partition coefficient (Wildman–Crippen LogP) is 6.51. The third kappa shape index (κ3) is 10.1. The molecule has 1 saturated heterocycles. The van der Waals surface area contributed by atoms with E-state index in [1.165, 1.54) is 0 Å². The summed E-state index contributed by atoms with van der Waals surface area (Å²) in [6.45, 7) is 12.3. The number of thiazole rings is 1. The minimum Gasteiger partial charge on any atom is -0.481 e. The highest BCUT2D eigenvalue weighted by atomic mass is 32.1. The lowest BCUT2D eigenvalue weighted by Gasteiger charge is -2.35. The van der Waals surface area contributed by atoms with Crippen molar-refractivity contribution in [2.75, 3.05) is 6.54 Å². The van der Waals surface area contributed by atoms with Crippen LogP contribution in [-0.2, 0) is 25.6 Å². The van der Waals surface area contributed by atoms with E-state index in [4.69, 9.17) is 5.11 Å². The number of nitrogens with zero attached hydrogens (tertiary/aromatic N) is 2. The Bertz CT molecular complexity index is 1280. The maximum absolute atomic E-state index is 13.8. The molecular weight excluding hydrogens is 562 g/mol. The third-order valence-electron chi connectivity index (χ3n) is 8.03. The van der Waals surface area contributed by atoms with Crippen LogP contribution in [0.3, 0.4) is 0 Å². The first kappa shape index (κ1) is 34.2. The second kappa shape index (κ2) is 15.9. The Hall–Kier alpha value is -3.33. The van der Waals surface area contributed by atoms with Gasteiger partial charge in [-0.05, 0) is 54.7 Å². The zero-order valence-corrected chi connectivity index (χ0v) is 26.9. The zero-order valence-electron chi connectivity index (χ0n) is 26.1. The number of Topliss-reactive ketones (excluding diaryl/α,β-unsaturated/α-hetero) is 1. The number of carbonyl (C=O) groups is 4. The van der Waals surface area contributed by atoms with Gasteiger partial charge in [0.25, 0.3) is 0 Å². The summed E-state index contributed by atoms with van der Waals surface area (Å²) in [4.78, 5) is 57.9. The van der Waals surface area contributed by atoms with Crippen molar-refractivity contribution in [1.29, 1.82) is 0 Å². The first-order chi connectivity index (χ1) is 20.4. The third-order valence-corrected chi connectivity index (χ3v) is 9.01. The molecule has 9 heteroatoms. The van der Waals surface area contributed by atoms with Crippen LogP contribution in [0, 0.1) is 12.3 Å². The number of hydrogen-bond donors (Lipinski definition) is 2. The standard InChI is InChI=1S/C34H47N3O5S/c1-23(21-25-16-18-26(19-17-25)31-24(2)35-22-43-31)30(41)27-13-12-20-37(27)33(42)32(34(3,4)5)36-28(38)14-10-8-6-7-9-11-15-29(39)40/h16-19,22,27,32H,1,6-15,20-21H2,2-5H3,(H,36,38)(H,39,40). The molecule has 0 spiro atoms. The summed E-state index contributed by atoms with van der Waals surface area (Å²) >= 11 is 1.60. The van der Waals surface area contributed by atoms with Gasteiger partial charge in [0.05, 0.1) is 22.1 Å². The minimum atomic E-state index is -0.765. The van der Waals surface area contributed by atoms with E-state index < -0.39 is 23.5 Å². The monoisotopic (exact) mass is 609 g/mol. The van der Waals surface area contributed by atoms with Crippen molar-refractivity contribution < 1.29 is 24.3 Å². The molecule has 1 aliphatic heterocycles. The molecule has 0 saturated carbocycles. The molecule has 2 aromatic rings. The molecule has 2 heterocycles. The number of benzene rings is 1. The molecule has 3 rings (SSSR count). The molecule has 0 radical (unpaired) electrons. The van der Waals surface area contributed by atoms with E-state index in [2.05, 4.69) is 16.9 Å². The Balaban J connectivity index is 1.54. The van der Waals surface area contributed by atoms with Gasteiger partial charge in [0.1, 0.15) is 6.04 Å². The first-order valence-corrected chi connectivity index (χ1v) is 16.3. The quantitative estimate of drug-likeness (QED) is 0.165. The van der Waals surface area contributed by atoms with Gasteiger partial charge >= 0.3 is 5.97 Å². The molecule has 0 bridgehead atoms. The predicted molar refractivity (Wildman–Crippen MR) is 171 cm³/mol. The summed E-state index contributed by atoms with van der Waals surface area (Å²) in [5.41, 5.74) is 4.86. The van der Waals surface area contributed by atoms with Gasteiger partial charge in [-0.3, -0.25) is 19.2 Å².